The van der Waals surface area contributed by atoms with Crippen molar-refractivity contribution >= 4 is 23.5 Å². The number of hydrogen-bond acceptors (Lipinski definition) is 6. The summed E-state index contributed by atoms with van der Waals surface area (Å²) in [5.74, 6) is 1.01. The number of aryl methyl sites for hydroxylation is 1. The second kappa shape index (κ2) is 10.2. The van der Waals surface area contributed by atoms with Gasteiger partial charge < -0.3 is 15.4 Å². The van der Waals surface area contributed by atoms with Gasteiger partial charge in [0.2, 0.25) is 0 Å². The molecule has 10 nitrogen and oxygen atoms in total. The molecule has 1 fully saturated rings. The van der Waals surface area contributed by atoms with Crippen LogP contribution in [0.2, 0.25) is 0 Å². The molecule has 0 aliphatic heterocycles. The van der Waals surface area contributed by atoms with E-state index in [4.69, 9.17) is 5.10 Å². The van der Waals surface area contributed by atoms with Crippen LogP contribution >= 0.6 is 0 Å². The number of nitrogens with zero attached hydrogens (tertiary/aromatic N) is 5. The molecule has 1 aliphatic rings. The lowest BCUT2D eigenvalue weighted by Gasteiger charge is -2.27. The van der Waals surface area contributed by atoms with Gasteiger partial charge >= 0.3 is 6.09 Å². The van der Waals surface area contributed by atoms with E-state index in [-0.39, 0.29) is 11.8 Å². The third-order valence-electron chi connectivity index (χ3n) is 6.76. The number of amides is 2. The number of benzene rings is 1. The molecule has 2 N–H and O–H groups in total. The largest absolute Gasteiger partial charge is 0.453 e. The van der Waals surface area contributed by atoms with Crippen LogP contribution in [-0.2, 0) is 4.74 Å². The molecule has 0 bridgehead atoms. The molecule has 5 rings (SSSR count). The molecule has 1 aromatic carbocycles. The lowest BCUT2D eigenvalue weighted by Crippen LogP contribution is -2.30. The molecule has 2 amide bonds. The highest BCUT2D eigenvalue weighted by atomic mass is 16.5. The van der Waals surface area contributed by atoms with Crippen molar-refractivity contribution in [3.63, 3.8) is 0 Å². The Morgan fingerprint density at radius 1 is 1.14 bits per heavy atom. The van der Waals surface area contributed by atoms with Crippen molar-refractivity contribution in [2.24, 2.45) is 5.92 Å². The number of carbonyl (C=O) groups excluding carboxylic acids is 2. The maximum Gasteiger partial charge on any atom is 0.406 e. The Kier molecular flexibility index (Phi) is 6.66. The average molecular weight is 488 g/mol. The van der Waals surface area contributed by atoms with Crippen LogP contribution in [0.25, 0.3) is 11.3 Å². The van der Waals surface area contributed by atoms with Crippen LogP contribution in [-0.4, -0.2) is 50.0 Å². The summed E-state index contributed by atoms with van der Waals surface area (Å²) in [6.45, 7) is 2.65. The van der Waals surface area contributed by atoms with Crippen LogP contribution in [0.5, 0.6) is 0 Å². The molecule has 36 heavy (non-hydrogen) atoms. The van der Waals surface area contributed by atoms with E-state index in [1.54, 1.807) is 27.7 Å². The molecule has 1 aliphatic carbocycles. The molecule has 3 heterocycles. The topological polar surface area (TPSA) is 115 Å². The van der Waals surface area contributed by atoms with E-state index in [9.17, 15) is 9.59 Å². The monoisotopic (exact) mass is 487 g/mol. The first-order chi connectivity index (χ1) is 17.5. The van der Waals surface area contributed by atoms with E-state index < -0.39 is 6.09 Å². The van der Waals surface area contributed by atoms with Crippen molar-refractivity contribution in [1.29, 1.82) is 0 Å². The molecule has 0 atom stereocenters. The quantitative estimate of drug-likeness (QED) is 0.423. The van der Waals surface area contributed by atoms with Gasteiger partial charge in [-0.05, 0) is 56.7 Å². The molecule has 0 spiro atoms. The van der Waals surface area contributed by atoms with E-state index in [0.717, 1.165) is 42.6 Å². The van der Waals surface area contributed by atoms with Crippen LogP contribution < -0.4 is 10.6 Å². The Hall–Kier alpha value is -4.21. The summed E-state index contributed by atoms with van der Waals surface area (Å²) in [6.07, 6.45) is 8.42. The highest BCUT2D eigenvalue weighted by molar-refractivity contribution is 6.07. The molecule has 4 aromatic rings. The molecule has 0 radical (unpaired) electrons. The van der Waals surface area contributed by atoms with E-state index in [1.165, 1.54) is 13.3 Å². The summed E-state index contributed by atoms with van der Waals surface area (Å²) < 4.78 is 8.04. The minimum atomic E-state index is -0.393. The molecule has 0 unspecified atom stereocenters. The van der Waals surface area contributed by atoms with Crippen LogP contribution in [0.4, 0.5) is 10.6 Å². The number of nitrogens with one attached hydrogen (secondary N) is 2. The van der Waals surface area contributed by atoms with Crippen LogP contribution in [0.3, 0.4) is 0 Å². The summed E-state index contributed by atoms with van der Waals surface area (Å²) in [5.41, 5.74) is 3.86. The highest BCUT2D eigenvalue weighted by Gasteiger charge is 2.26. The van der Waals surface area contributed by atoms with E-state index in [0.29, 0.717) is 29.5 Å². The number of alkyl carbamates (subject to hydrolysis) is 1. The van der Waals surface area contributed by atoms with Crippen molar-refractivity contribution in [2.75, 3.05) is 19.0 Å². The molecular weight excluding hydrogens is 458 g/mol. The van der Waals surface area contributed by atoms with Gasteiger partial charge in [0.15, 0.2) is 5.65 Å². The Balaban J connectivity index is 1.37. The van der Waals surface area contributed by atoms with Gasteiger partial charge in [0.1, 0.15) is 11.4 Å². The minimum Gasteiger partial charge on any atom is -0.453 e. The molecule has 1 saturated carbocycles. The summed E-state index contributed by atoms with van der Waals surface area (Å²) >= 11 is 0. The van der Waals surface area contributed by atoms with Crippen LogP contribution in [0.1, 0.15) is 53.2 Å². The van der Waals surface area contributed by atoms with E-state index >= 15 is 0 Å². The number of anilines is 1. The summed E-state index contributed by atoms with van der Waals surface area (Å²) in [6, 6.07) is 11.8. The SMILES string of the molecule is COC(=O)NCC1CCC(c2cc(NC(=O)c3cnn4cccnc34)n(-c3ccc(C)cc3)n2)CC1. The molecule has 186 valence electrons. The van der Waals surface area contributed by atoms with Gasteiger partial charge in [-0.2, -0.15) is 10.2 Å². The molecule has 3 aromatic heterocycles. The van der Waals surface area contributed by atoms with Crippen LogP contribution in [0.15, 0.2) is 55.0 Å². The standard InChI is InChI=1S/C26H29N7O3/c1-17-4-10-20(11-5-17)33-23(30-25(34)21-16-29-32-13-3-12-27-24(21)32)14-22(31-33)19-8-6-18(7-9-19)15-28-26(35)36-2/h3-5,10-14,16,18-19H,6-9,15H2,1-2H3,(H,28,35)(H,30,34). The predicted molar refractivity (Wildman–Crippen MR) is 134 cm³/mol. The predicted octanol–water partition coefficient (Wildman–Crippen LogP) is 4.11. The average Bonchev–Trinajstić information content (AvgIpc) is 3.53. The van der Waals surface area contributed by atoms with Gasteiger partial charge in [-0.3, -0.25) is 4.79 Å². The second-order valence-electron chi connectivity index (χ2n) is 9.19. The Bertz CT molecular complexity index is 1370. The lowest BCUT2D eigenvalue weighted by atomic mass is 9.80. The number of methoxy groups -OCH3 is 1. The number of aromatic nitrogens is 5. The van der Waals surface area contributed by atoms with Crippen molar-refractivity contribution in [3.8, 4) is 5.69 Å². The summed E-state index contributed by atoms with van der Waals surface area (Å²) in [5, 5.41) is 15.0. The van der Waals surface area contributed by atoms with Gasteiger partial charge in [0.25, 0.3) is 5.91 Å². The number of hydrogen-bond donors (Lipinski definition) is 2. The third kappa shape index (κ3) is 4.93. The normalized spacial score (nSPS) is 17.6. The fraction of sp³-hybridized carbons (Fsp3) is 0.346. The first kappa shape index (κ1) is 23.5. The zero-order valence-corrected chi connectivity index (χ0v) is 20.3. The fourth-order valence-electron chi connectivity index (χ4n) is 4.70. The number of fused-ring (bicyclic) bond motifs is 1. The maximum absolute atomic E-state index is 13.2. The zero-order valence-electron chi connectivity index (χ0n) is 20.3. The van der Waals surface area contributed by atoms with E-state index in [2.05, 4.69) is 25.5 Å². The van der Waals surface area contributed by atoms with Gasteiger partial charge in [-0.15, -0.1) is 0 Å². The van der Waals surface area contributed by atoms with Gasteiger partial charge in [-0.1, -0.05) is 17.7 Å². The van der Waals surface area contributed by atoms with E-state index in [1.807, 2.05) is 37.3 Å². The Morgan fingerprint density at radius 3 is 2.67 bits per heavy atom. The third-order valence-corrected chi connectivity index (χ3v) is 6.76. The number of carbonyl (C=O) groups is 2. The Morgan fingerprint density at radius 2 is 1.92 bits per heavy atom. The van der Waals surface area contributed by atoms with Gasteiger partial charge in [-0.25, -0.2) is 19.0 Å². The molecule has 0 saturated heterocycles. The van der Waals surface area contributed by atoms with Crippen molar-refractivity contribution in [1.82, 2.24) is 29.7 Å². The number of ether oxygens (including phenoxy) is 1. The second-order valence-corrected chi connectivity index (χ2v) is 9.19. The number of rotatable bonds is 6. The zero-order chi connectivity index (χ0) is 25.1. The first-order valence-electron chi connectivity index (χ1n) is 12.1. The Labute approximate surface area is 208 Å². The van der Waals surface area contributed by atoms with Gasteiger partial charge in [0, 0.05) is 30.9 Å². The summed E-state index contributed by atoms with van der Waals surface area (Å²) in [4.78, 5) is 28.9. The fourth-order valence-corrected chi connectivity index (χ4v) is 4.70. The molecular formula is C26H29N7O3. The smallest absolute Gasteiger partial charge is 0.406 e. The minimum absolute atomic E-state index is 0.278. The van der Waals surface area contributed by atoms with Crippen molar-refractivity contribution in [3.05, 3.63) is 71.8 Å². The van der Waals surface area contributed by atoms with Gasteiger partial charge in [0.05, 0.1) is 24.7 Å². The highest BCUT2D eigenvalue weighted by Crippen LogP contribution is 2.36. The summed E-state index contributed by atoms with van der Waals surface area (Å²) in [7, 11) is 1.37. The van der Waals surface area contributed by atoms with Crippen molar-refractivity contribution in [2.45, 2.75) is 38.5 Å². The molecule has 10 heteroatoms. The van der Waals surface area contributed by atoms with Crippen LogP contribution in [0, 0.1) is 12.8 Å². The maximum atomic E-state index is 13.2. The first-order valence-corrected chi connectivity index (χ1v) is 12.1. The van der Waals surface area contributed by atoms with Crippen molar-refractivity contribution < 1.29 is 14.3 Å². The lowest BCUT2D eigenvalue weighted by molar-refractivity contribution is 0.102.